The first-order chi connectivity index (χ1) is 30.9. The Balaban J connectivity index is 0.730. The number of aryl methyl sites for hydroxylation is 2. The molecule has 0 saturated carbocycles. The maximum Gasteiger partial charge on any atom is 0.266 e. The lowest BCUT2D eigenvalue weighted by atomic mass is 9.99. The summed E-state index contributed by atoms with van der Waals surface area (Å²) in [5.41, 5.74) is 4.02. The normalized spacial score (nSPS) is 16.9. The third-order valence-electron chi connectivity index (χ3n) is 11.3. The average molecular weight is 915 g/mol. The molecule has 0 radical (unpaired) electrons. The maximum atomic E-state index is 13.3. The van der Waals surface area contributed by atoms with E-state index in [1.165, 1.54) is 17.0 Å². The van der Waals surface area contributed by atoms with Gasteiger partial charge in [-0.3, -0.25) is 48.5 Å². The highest BCUT2D eigenvalue weighted by Gasteiger charge is 2.46. The number of fused-ring (bicyclic) bond motifs is 4. The van der Waals surface area contributed by atoms with Crippen molar-refractivity contribution in [2.45, 2.75) is 90.6 Å². The van der Waals surface area contributed by atoms with E-state index in [2.05, 4.69) is 33.9 Å². The summed E-state index contributed by atoms with van der Waals surface area (Å²) < 4.78 is 24.7. The van der Waals surface area contributed by atoms with Gasteiger partial charge in [0.05, 0.1) is 43.3 Å². The summed E-state index contributed by atoms with van der Waals surface area (Å²) in [6.07, 6.45) is 3.59. The quantitative estimate of drug-likeness (QED) is 0.0655. The zero-order valence-electron chi connectivity index (χ0n) is 36.1. The molecule has 0 bridgehead atoms. The smallest absolute Gasteiger partial charge is 0.266 e. The SMILES string of the molecule is Cc1sc2c(c1C)C(c1ccc(Cl)cc1)=N[C@@H](CC(=O)CCCCOCCOCCOCCCCC(=O)COc1cccc3c1C(=O)N(C1CCC(=O)NC1=O)C3=O)c1nnc(C)n1-2. The number of hydrogen-bond acceptors (Lipinski definition) is 14. The number of thiophene rings is 1. The number of carbonyl (C=O) groups excluding carboxylic acids is 6. The Labute approximate surface area is 379 Å². The Bertz CT molecular complexity index is 2450. The molecular formula is C46H51ClN6O10S. The van der Waals surface area contributed by atoms with E-state index in [-0.39, 0.29) is 60.7 Å². The van der Waals surface area contributed by atoms with Crippen molar-refractivity contribution in [3.05, 3.63) is 91.8 Å². The highest BCUT2D eigenvalue weighted by molar-refractivity contribution is 7.15. The van der Waals surface area contributed by atoms with Crippen molar-refractivity contribution in [1.82, 2.24) is 25.0 Å². The number of unbranched alkanes of at least 4 members (excludes halogenated alkanes) is 2. The number of amides is 4. The van der Waals surface area contributed by atoms with Crippen LogP contribution in [0.2, 0.25) is 5.02 Å². The number of piperidine rings is 1. The van der Waals surface area contributed by atoms with Gasteiger partial charge in [0.1, 0.15) is 41.0 Å². The molecule has 18 heteroatoms. The molecule has 2 aromatic carbocycles. The van der Waals surface area contributed by atoms with Crippen LogP contribution in [0.3, 0.4) is 0 Å². The lowest BCUT2D eigenvalue weighted by Crippen LogP contribution is -2.54. The molecule has 0 aliphatic carbocycles. The van der Waals surface area contributed by atoms with Crippen molar-refractivity contribution >= 4 is 63.8 Å². The second-order valence-electron chi connectivity index (χ2n) is 15.9. The van der Waals surface area contributed by atoms with Gasteiger partial charge in [-0.25, -0.2) is 0 Å². The zero-order valence-corrected chi connectivity index (χ0v) is 37.7. The molecule has 1 N–H and O–H groups in total. The number of benzene rings is 2. The van der Waals surface area contributed by atoms with Crippen molar-refractivity contribution in [3.8, 4) is 10.8 Å². The molecule has 1 saturated heterocycles. The third kappa shape index (κ3) is 10.7. The number of ketones is 2. The number of aromatic nitrogens is 3. The van der Waals surface area contributed by atoms with E-state index >= 15 is 0 Å². The molecule has 0 spiro atoms. The van der Waals surface area contributed by atoms with E-state index in [1.807, 2.05) is 31.2 Å². The molecule has 1 fully saturated rings. The molecule has 4 amide bonds. The Kier molecular flexibility index (Phi) is 15.6. The van der Waals surface area contributed by atoms with E-state index in [0.717, 1.165) is 44.5 Å². The van der Waals surface area contributed by atoms with Gasteiger partial charge in [0.15, 0.2) is 11.6 Å². The highest BCUT2D eigenvalue weighted by atomic mass is 35.5. The van der Waals surface area contributed by atoms with Crippen LogP contribution in [0.25, 0.3) is 5.00 Å². The van der Waals surface area contributed by atoms with Gasteiger partial charge < -0.3 is 18.9 Å². The number of halogens is 1. The van der Waals surface area contributed by atoms with Gasteiger partial charge in [0.25, 0.3) is 11.8 Å². The first-order valence-electron chi connectivity index (χ1n) is 21.5. The summed E-state index contributed by atoms with van der Waals surface area (Å²) in [6.45, 7) is 8.45. The molecule has 5 heterocycles. The monoisotopic (exact) mass is 914 g/mol. The fraction of sp³-hybridized carbons (Fsp3) is 0.457. The number of rotatable bonds is 23. The number of carbonyl (C=O) groups is 6. The van der Waals surface area contributed by atoms with E-state index in [0.29, 0.717) is 76.2 Å². The van der Waals surface area contributed by atoms with Gasteiger partial charge in [-0.15, -0.1) is 21.5 Å². The van der Waals surface area contributed by atoms with Crippen LogP contribution in [0.1, 0.15) is 118 Å². The van der Waals surface area contributed by atoms with Gasteiger partial charge in [0.2, 0.25) is 11.8 Å². The Hall–Kier alpha value is -5.46. The van der Waals surface area contributed by atoms with Crippen molar-refractivity contribution in [1.29, 1.82) is 0 Å². The van der Waals surface area contributed by atoms with Crippen LogP contribution in [0.4, 0.5) is 0 Å². The Morgan fingerprint density at radius 1 is 0.812 bits per heavy atom. The molecule has 3 aliphatic rings. The van der Waals surface area contributed by atoms with Crippen molar-refractivity contribution < 1.29 is 47.7 Å². The predicted molar refractivity (Wildman–Crippen MR) is 237 cm³/mol. The van der Waals surface area contributed by atoms with Crippen molar-refractivity contribution in [3.63, 3.8) is 0 Å². The van der Waals surface area contributed by atoms with Crippen molar-refractivity contribution in [2.75, 3.05) is 46.2 Å². The largest absolute Gasteiger partial charge is 0.485 e. The molecule has 3 aliphatic heterocycles. The second-order valence-corrected chi connectivity index (χ2v) is 17.5. The minimum atomic E-state index is -1.09. The number of nitrogens with zero attached hydrogens (tertiary/aromatic N) is 5. The molecular weight excluding hydrogens is 864 g/mol. The van der Waals surface area contributed by atoms with E-state index in [4.69, 9.17) is 35.5 Å². The fourth-order valence-electron chi connectivity index (χ4n) is 7.88. The van der Waals surface area contributed by atoms with Crippen LogP contribution in [0.5, 0.6) is 5.75 Å². The van der Waals surface area contributed by atoms with Gasteiger partial charge in [-0.05, 0) is 82.7 Å². The second kappa shape index (κ2) is 21.5. The number of imide groups is 2. The van der Waals surface area contributed by atoms with Gasteiger partial charge >= 0.3 is 0 Å². The number of nitrogens with one attached hydrogen (secondary N) is 1. The summed E-state index contributed by atoms with van der Waals surface area (Å²) in [5.74, 6) is -1.05. The van der Waals surface area contributed by atoms with Crippen LogP contribution < -0.4 is 10.1 Å². The molecule has 64 heavy (non-hydrogen) atoms. The Morgan fingerprint density at radius 2 is 1.48 bits per heavy atom. The molecule has 1 unspecified atom stereocenters. The van der Waals surface area contributed by atoms with Crippen molar-refractivity contribution in [2.24, 2.45) is 4.99 Å². The zero-order chi connectivity index (χ0) is 45.3. The first-order valence-corrected chi connectivity index (χ1v) is 22.7. The lowest BCUT2D eigenvalue weighted by Gasteiger charge is -2.27. The molecule has 2 atom stereocenters. The summed E-state index contributed by atoms with van der Waals surface area (Å²) in [4.78, 5) is 83.3. The van der Waals surface area contributed by atoms with Crippen LogP contribution in [0, 0.1) is 20.8 Å². The van der Waals surface area contributed by atoms with E-state index < -0.39 is 35.7 Å². The van der Waals surface area contributed by atoms with E-state index in [1.54, 1.807) is 17.4 Å². The number of aliphatic imine (C=N–C) groups is 1. The van der Waals surface area contributed by atoms with Crippen LogP contribution in [0.15, 0.2) is 47.5 Å². The number of hydrogen-bond donors (Lipinski definition) is 1. The minimum absolute atomic E-state index is 0.00432. The third-order valence-corrected chi connectivity index (χ3v) is 12.8. The lowest BCUT2D eigenvalue weighted by molar-refractivity contribution is -0.136. The highest BCUT2D eigenvalue weighted by Crippen LogP contribution is 2.40. The maximum absolute atomic E-state index is 13.3. The summed E-state index contributed by atoms with van der Waals surface area (Å²) >= 11 is 7.90. The molecule has 16 nitrogen and oxygen atoms in total. The predicted octanol–water partition coefficient (Wildman–Crippen LogP) is 6.20. The molecule has 2 aromatic heterocycles. The standard InChI is InChI=1S/C46H51ClN6O10S/c1-27-28(2)64-46-39(27)41(30-13-15-31(47)16-14-30)48-35(42-51-50-29(3)52(42)46)25-32(54)9-4-6-19-60-21-23-62-24-22-61-20-7-5-10-33(55)26-63-37-12-8-11-34-40(37)45(59)53(44(34)58)36-17-18-38(56)49-43(36)57/h8,11-16,35-36H,4-7,9-10,17-26H2,1-3H3,(H,49,56,57)/t35-,36?/m0/s1. The Morgan fingerprint density at radius 3 is 2.17 bits per heavy atom. The van der Waals surface area contributed by atoms with Gasteiger partial charge in [-0.2, -0.15) is 0 Å². The summed E-state index contributed by atoms with van der Waals surface area (Å²) in [7, 11) is 0. The fourth-order valence-corrected chi connectivity index (χ4v) is 9.22. The minimum Gasteiger partial charge on any atom is -0.485 e. The number of ether oxygens (including phenoxy) is 4. The molecule has 4 aromatic rings. The number of Topliss-reactive ketones (excluding diaryl/α,β-unsaturated/α-hetero) is 2. The summed E-state index contributed by atoms with van der Waals surface area (Å²) in [6, 6.07) is 10.6. The van der Waals surface area contributed by atoms with Crippen LogP contribution >= 0.6 is 22.9 Å². The van der Waals surface area contributed by atoms with Crippen LogP contribution in [-0.2, 0) is 33.4 Å². The van der Waals surface area contributed by atoms with E-state index in [9.17, 15) is 28.8 Å². The van der Waals surface area contributed by atoms with Crippen LogP contribution in [-0.4, -0.2) is 113 Å². The van der Waals surface area contributed by atoms with Gasteiger partial charge in [-0.1, -0.05) is 29.8 Å². The summed E-state index contributed by atoms with van der Waals surface area (Å²) in [5, 5.41) is 12.7. The molecule has 338 valence electrons. The topological polar surface area (TPSA) is 198 Å². The van der Waals surface area contributed by atoms with Gasteiger partial charge in [0, 0.05) is 59.9 Å². The average Bonchev–Trinajstić information content (AvgIpc) is 3.85. The molecule has 7 rings (SSSR count). The first kappa shape index (κ1) is 46.5.